The topological polar surface area (TPSA) is 61.8 Å². The van der Waals surface area contributed by atoms with Crippen molar-refractivity contribution in [3.8, 4) is 0 Å². The third-order valence-corrected chi connectivity index (χ3v) is 3.61. The van der Waals surface area contributed by atoms with Crippen LogP contribution in [0.15, 0.2) is 23.4 Å². The molecule has 0 aliphatic carbocycles. The van der Waals surface area contributed by atoms with Gasteiger partial charge in [-0.3, -0.25) is 0 Å². The molecule has 118 valence electrons. The monoisotopic (exact) mass is 295 g/mol. The van der Waals surface area contributed by atoms with Gasteiger partial charge in [0.15, 0.2) is 5.84 Å². The summed E-state index contributed by atoms with van der Waals surface area (Å²) in [6.45, 7) is 9.27. The van der Waals surface area contributed by atoms with Crippen molar-refractivity contribution >= 4 is 11.5 Å². The zero-order valence-electron chi connectivity index (χ0n) is 13.3. The fourth-order valence-electron chi connectivity index (χ4n) is 2.62. The average Bonchev–Trinajstić information content (AvgIpc) is 2.46. The largest absolute Gasteiger partial charge is 0.409 e. The Balaban J connectivity index is 3.39. The number of amidine groups is 1. The van der Waals surface area contributed by atoms with E-state index in [2.05, 4.69) is 37.8 Å². The molecule has 5 heteroatoms. The average molecular weight is 295 g/mol. The summed E-state index contributed by atoms with van der Waals surface area (Å²) >= 11 is 0. The predicted molar refractivity (Wildman–Crippen MR) is 85.5 cm³/mol. The lowest BCUT2D eigenvalue weighted by molar-refractivity contribution is 0.318. The number of anilines is 1. The Labute approximate surface area is 126 Å². The molecule has 0 saturated heterocycles. The highest BCUT2D eigenvalue weighted by Gasteiger charge is 2.23. The predicted octanol–water partition coefficient (Wildman–Crippen LogP) is 3.57. The summed E-state index contributed by atoms with van der Waals surface area (Å²) in [5.41, 5.74) is 6.54. The van der Waals surface area contributed by atoms with E-state index in [4.69, 9.17) is 10.9 Å². The molecule has 0 atom stereocenters. The van der Waals surface area contributed by atoms with Crippen LogP contribution in [-0.4, -0.2) is 23.6 Å². The van der Waals surface area contributed by atoms with Crippen LogP contribution in [0.2, 0.25) is 0 Å². The number of benzene rings is 1. The lowest BCUT2D eigenvalue weighted by Gasteiger charge is -2.35. The molecule has 21 heavy (non-hydrogen) atoms. The van der Waals surface area contributed by atoms with Crippen LogP contribution in [0.1, 0.15) is 46.1 Å². The Morgan fingerprint density at radius 2 is 1.95 bits per heavy atom. The third kappa shape index (κ3) is 4.09. The van der Waals surface area contributed by atoms with Gasteiger partial charge in [-0.1, -0.05) is 38.9 Å². The summed E-state index contributed by atoms with van der Waals surface area (Å²) in [6, 6.07) is 5.11. The van der Waals surface area contributed by atoms with Crippen LogP contribution in [0.5, 0.6) is 0 Å². The van der Waals surface area contributed by atoms with Crippen molar-refractivity contribution in [2.75, 3.05) is 11.4 Å². The molecule has 0 aliphatic heterocycles. The molecule has 3 N–H and O–H groups in total. The maximum absolute atomic E-state index is 14.2. The first kappa shape index (κ1) is 17.3. The smallest absolute Gasteiger partial charge is 0.175 e. The van der Waals surface area contributed by atoms with Crippen LogP contribution in [-0.2, 0) is 0 Å². The number of nitrogens with zero attached hydrogens (tertiary/aromatic N) is 2. The summed E-state index contributed by atoms with van der Waals surface area (Å²) in [6.07, 6.45) is 1.91. The molecule has 0 spiro atoms. The summed E-state index contributed by atoms with van der Waals surface area (Å²) in [7, 11) is 0. The van der Waals surface area contributed by atoms with Gasteiger partial charge in [0.05, 0.1) is 11.3 Å². The van der Waals surface area contributed by atoms with Gasteiger partial charge >= 0.3 is 0 Å². The molecule has 1 aromatic rings. The number of hydrogen-bond acceptors (Lipinski definition) is 3. The van der Waals surface area contributed by atoms with E-state index in [1.54, 1.807) is 6.07 Å². The van der Waals surface area contributed by atoms with E-state index in [9.17, 15) is 4.39 Å². The second-order valence-corrected chi connectivity index (χ2v) is 5.64. The van der Waals surface area contributed by atoms with Gasteiger partial charge in [-0.05, 0) is 30.9 Å². The molecule has 0 unspecified atom stereocenters. The van der Waals surface area contributed by atoms with Crippen LogP contribution in [0.25, 0.3) is 0 Å². The summed E-state index contributed by atoms with van der Waals surface area (Å²) in [5.74, 6) is -0.237. The van der Waals surface area contributed by atoms with E-state index < -0.39 is 5.82 Å². The quantitative estimate of drug-likeness (QED) is 0.350. The van der Waals surface area contributed by atoms with E-state index in [0.29, 0.717) is 17.6 Å². The Morgan fingerprint density at radius 3 is 2.43 bits per heavy atom. The van der Waals surface area contributed by atoms with E-state index in [1.165, 1.54) is 6.07 Å². The van der Waals surface area contributed by atoms with Crippen LogP contribution < -0.4 is 10.6 Å². The van der Waals surface area contributed by atoms with E-state index in [-0.39, 0.29) is 11.4 Å². The SMILES string of the molecule is CCC(CC)N(CC(C)C)c1cccc(F)c1C(N)=NO. The minimum atomic E-state index is -0.470. The zero-order valence-corrected chi connectivity index (χ0v) is 13.3. The fraction of sp³-hybridized carbons (Fsp3) is 0.562. The van der Waals surface area contributed by atoms with Gasteiger partial charge in [0.1, 0.15) is 5.82 Å². The summed E-state index contributed by atoms with van der Waals surface area (Å²) in [5, 5.41) is 11.9. The lowest BCUT2D eigenvalue weighted by atomic mass is 10.0. The minimum absolute atomic E-state index is 0.174. The first-order valence-electron chi connectivity index (χ1n) is 7.49. The van der Waals surface area contributed by atoms with Crippen molar-refractivity contribution in [1.29, 1.82) is 0 Å². The lowest BCUT2D eigenvalue weighted by Crippen LogP contribution is -2.39. The second-order valence-electron chi connectivity index (χ2n) is 5.64. The first-order chi connectivity index (χ1) is 9.96. The van der Waals surface area contributed by atoms with Crippen molar-refractivity contribution in [1.82, 2.24) is 0 Å². The van der Waals surface area contributed by atoms with E-state index in [0.717, 1.165) is 19.4 Å². The molecule has 0 aromatic heterocycles. The Morgan fingerprint density at radius 1 is 1.33 bits per heavy atom. The summed E-state index contributed by atoms with van der Waals surface area (Å²) < 4.78 is 14.2. The molecule has 0 saturated carbocycles. The maximum atomic E-state index is 14.2. The van der Waals surface area contributed by atoms with Gasteiger partial charge in [-0.2, -0.15) is 0 Å². The highest BCUT2D eigenvalue weighted by Crippen LogP contribution is 2.28. The molecule has 0 heterocycles. The number of rotatable bonds is 7. The molecule has 0 fully saturated rings. The van der Waals surface area contributed by atoms with Gasteiger partial charge in [-0.15, -0.1) is 0 Å². The van der Waals surface area contributed by atoms with Gasteiger partial charge in [0, 0.05) is 12.6 Å². The van der Waals surface area contributed by atoms with Crippen LogP contribution in [0.3, 0.4) is 0 Å². The van der Waals surface area contributed by atoms with Crippen LogP contribution in [0, 0.1) is 11.7 Å². The normalized spacial score (nSPS) is 12.2. The molecule has 0 amide bonds. The standard InChI is InChI=1S/C16H26FN3O/c1-5-12(6-2)20(10-11(3)4)14-9-7-8-13(17)15(14)16(18)19-21/h7-9,11-12,21H,5-6,10H2,1-4H3,(H2,18,19). The summed E-state index contributed by atoms with van der Waals surface area (Å²) in [4.78, 5) is 2.17. The first-order valence-corrected chi connectivity index (χ1v) is 7.49. The van der Waals surface area contributed by atoms with Gasteiger partial charge < -0.3 is 15.8 Å². The maximum Gasteiger partial charge on any atom is 0.175 e. The van der Waals surface area contributed by atoms with Crippen molar-refractivity contribution in [2.45, 2.75) is 46.6 Å². The number of oxime groups is 1. The Kier molecular flexibility index (Phi) is 6.46. The van der Waals surface area contributed by atoms with Gasteiger partial charge in [0.25, 0.3) is 0 Å². The molecular formula is C16H26FN3O. The molecular weight excluding hydrogens is 269 g/mol. The fourth-order valence-corrected chi connectivity index (χ4v) is 2.62. The number of hydrogen-bond donors (Lipinski definition) is 2. The molecule has 0 bridgehead atoms. The molecule has 1 rings (SSSR count). The van der Waals surface area contributed by atoms with Crippen LogP contribution >= 0.6 is 0 Å². The zero-order chi connectivity index (χ0) is 16.0. The van der Waals surface area contributed by atoms with E-state index in [1.807, 2.05) is 6.07 Å². The molecule has 1 aromatic carbocycles. The number of halogens is 1. The Bertz CT molecular complexity index is 484. The molecule has 4 nitrogen and oxygen atoms in total. The van der Waals surface area contributed by atoms with Crippen molar-refractivity contribution in [3.05, 3.63) is 29.6 Å². The highest BCUT2D eigenvalue weighted by atomic mass is 19.1. The van der Waals surface area contributed by atoms with Crippen molar-refractivity contribution < 1.29 is 9.60 Å². The molecule has 0 radical (unpaired) electrons. The van der Waals surface area contributed by atoms with Crippen molar-refractivity contribution in [2.24, 2.45) is 16.8 Å². The van der Waals surface area contributed by atoms with Crippen LogP contribution in [0.4, 0.5) is 10.1 Å². The van der Waals surface area contributed by atoms with Gasteiger partial charge in [-0.25, -0.2) is 4.39 Å². The minimum Gasteiger partial charge on any atom is -0.409 e. The molecule has 0 aliphatic rings. The second kappa shape index (κ2) is 7.86. The Hall–Kier alpha value is -1.78. The van der Waals surface area contributed by atoms with E-state index >= 15 is 0 Å². The highest BCUT2D eigenvalue weighted by molar-refractivity contribution is 6.02. The van der Waals surface area contributed by atoms with Crippen molar-refractivity contribution in [3.63, 3.8) is 0 Å². The number of nitrogens with two attached hydrogens (primary N) is 1. The van der Waals surface area contributed by atoms with Gasteiger partial charge in [0.2, 0.25) is 0 Å². The third-order valence-electron chi connectivity index (χ3n) is 3.61.